The van der Waals surface area contributed by atoms with Crippen molar-refractivity contribution in [3.63, 3.8) is 0 Å². The van der Waals surface area contributed by atoms with E-state index in [9.17, 15) is 37.1 Å². The zero-order chi connectivity index (χ0) is 40.0. The van der Waals surface area contributed by atoms with Crippen LogP contribution in [0.4, 0.5) is 30.2 Å². The quantitative estimate of drug-likeness (QED) is 0.0428. The molecule has 0 bridgehead atoms. The molecule has 1 saturated heterocycles. The second-order valence-corrected chi connectivity index (χ2v) is 13.6. The average Bonchev–Trinajstić information content (AvgIpc) is 3.43. The zero-order valence-electron chi connectivity index (χ0n) is 30.0. The van der Waals surface area contributed by atoms with Crippen molar-refractivity contribution in [3.05, 3.63) is 86.2 Å². The van der Waals surface area contributed by atoms with Gasteiger partial charge >= 0.3 is 0 Å². The minimum absolute atomic E-state index is 0.0448. The number of hydroxylamine groups is 1. The first-order valence-corrected chi connectivity index (χ1v) is 18.8. The molecule has 0 radical (unpaired) electrons. The van der Waals surface area contributed by atoms with Crippen LogP contribution in [0.15, 0.2) is 48.5 Å². The number of fused-ring (bicyclic) bond motifs is 1. The van der Waals surface area contributed by atoms with Crippen LogP contribution in [0.5, 0.6) is 0 Å². The summed E-state index contributed by atoms with van der Waals surface area (Å²) >= 11 is 1.91. The first-order chi connectivity index (χ1) is 27.1. The topological polar surface area (TPSA) is 186 Å². The van der Waals surface area contributed by atoms with E-state index in [0.29, 0.717) is 75.0 Å². The molecule has 1 atom stereocenters. The second kappa shape index (κ2) is 21.0. The summed E-state index contributed by atoms with van der Waals surface area (Å²) in [6, 6.07) is 9.81. The number of rotatable bonds is 22. The summed E-state index contributed by atoms with van der Waals surface area (Å²) in [4.78, 5) is 68.7. The third kappa shape index (κ3) is 11.2. The molecule has 3 aromatic rings. The fourth-order valence-electron chi connectivity index (χ4n) is 5.76. The van der Waals surface area contributed by atoms with E-state index in [0.717, 1.165) is 17.0 Å². The van der Waals surface area contributed by atoms with Gasteiger partial charge in [-0.1, -0.05) is 6.07 Å². The average molecular weight is 897 g/mol. The van der Waals surface area contributed by atoms with Crippen LogP contribution >= 0.6 is 22.6 Å². The van der Waals surface area contributed by atoms with Crippen molar-refractivity contribution in [2.45, 2.75) is 25.3 Å². The highest BCUT2D eigenvalue weighted by molar-refractivity contribution is 14.1. The summed E-state index contributed by atoms with van der Waals surface area (Å²) in [5.74, 6) is -6.33. The molecule has 300 valence electrons. The fourth-order valence-corrected chi connectivity index (χ4v) is 6.21. The Balaban J connectivity index is 0.860. The van der Waals surface area contributed by atoms with Crippen molar-refractivity contribution in [3.8, 4) is 0 Å². The van der Waals surface area contributed by atoms with Crippen molar-refractivity contribution < 1.29 is 56.2 Å². The third-order valence-corrected chi connectivity index (χ3v) is 9.16. The van der Waals surface area contributed by atoms with Gasteiger partial charge in [0, 0.05) is 28.8 Å². The smallest absolute Gasteiger partial charge is 0.277 e. The van der Waals surface area contributed by atoms with E-state index in [4.69, 9.17) is 19.0 Å². The number of piperidine rings is 1. The van der Waals surface area contributed by atoms with Crippen LogP contribution in [-0.2, 0) is 28.6 Å². The standard InChI is InChI=1S/C37H40F3IN6O9/c38-25-7-6-24(33(32(25)40)44-27-8-5-22(41)21-26(27)39)34(49)46-56-14-2-11-42-12-15-53-17-19-55-20-18-54-16-13-43-28-4-1-3-23-31(28)37(52)47(36(23)51)29-9-10-30(48)45-35(29)50/h1,3-8,21,29,42-44H,2,9-20H2,(H,46,49)(H,45,48,50). The van der Waals surface area contributed by atoms with Gasteiger partial charge in [0.25, 0.3) is 17.7 Å². The number of anilines is 3. The number of hydrogen-bond acceptors (Lipinski definition) is 12. The minimum atomic E-state index is -1.33. The molecule has 56 heavy (non-hydrogen) atoms. The Labute approximate surface area is 333 Å². The van der Waals surface area contributed by atoms with Crippen molar-refractivity contribution in [1.82, 2.24) is 21.0 Å². The Morgan fingerprint density at radius 2 is 1.55 bits per heavy atom. The van der Waals surface area contributed by atoms with Crippen molar-refractivity contribution in [2.24, 2.45) is 0 Å². The SMILES string of the molecule is O=C1CCC(N2C(=O)c3cccc(NCCOCCOCCOCCNCCCONC(=O)c4ccc(F)c(F)c4Nc4ccc(I)cc4F)c3C2=O)C(=O)N1. The molecule has 0 saturated carbocycles. The first-order valence-electron chi connectivity index (χ1n) is 17.7. The monoisotopic (exact) mass is 896 g/mol. The summed E-state index contributed by atoms with van der Waals surface area (Å²) in [5, 5.41) is 10.9. The first kappa shape index (κ1) is 42.5. The van der Waals surface area contributed by atoms with E-state index in [2.05, 4.69) is 26.7 Å². The van der Waals surface area contributed by atoms with Gasteiger partial charge in [0.05, 0.1) is 74.3 Å². The fraction of sp³-hybridized carbons (Fsp3) is 0.378. The van der Waals surface area contributed by atoms with Gasteiger partial charge in [-0.25, -0.2) is 18.7 Å². The molecular formula is C37H40F3IN6O9. The van der Waals surface area contributed by atoms with E-state index in [1.807, 2.05) is 22.6 Å². The maximum atomic E-state index is 14.6. The Morgan fingerprint density at radius 3 is 2.29 bits per heavy atom. The lowest BCUT2D eigenvalue weighted by molar-refractivity contribution is -0.136. The molecule has 3 aromatic carbocycles. The molecule has 1 fully saturated rings. The molecule has 0 spiro atoms. The van der Waals surface area contributed by atoms with Crippen LogP contribution in [0.3, 0.4) is 0 Å². The largest absolute Gasteiger partial charge is 0.382 e. The summed E-state index contributed by atoms with van der Waals surface area (Å²) in [6.07, 6.45) is 0.644. The molecule has 0 aliphatic carbocycles. The van der Waals surface area contributed by atoms with Gasteiger partial charge in [-0.05, 0) is 84.4 Å². The molecule has 5 rings (SSSR count). The van der Waals surface area contributed by atoms with Crippen LogP contribution in [0, 0.1) is 21.0 Å². The summed E-state index contributed by atoms with van der Waals surface area (Å²) in [7, 11) is 0. The Kier molecular flexibility index (Phi) is 15.9. The molecule has 2 aliphatic heterocycles. The summed E-state index contributed by atoms with van der Waals surface area (Å²) in [6.45, 7) is 3.71. The molecule has 1 unspecified atom stereocenters. The number of halogens is 4. The highest BCUT2D eigenvalue weighted by Crippen LogP contribution is 2.32. The van der Waals surface area contributed by atoms with E-state index in [-0.39, 0.29) is 41.8 Å². The normalized spacial score (nSPS) is 15.2. The van der Waals surface area contributed by atoms with Crippen LogP contribution in [0.1, 0.15) is 50.3 Å². The van der Waals surface area contributed by atoms with Crippen LogP contribution in [-0.4, -0.2) is 106 Å². The Morgan fingerprint density at radius 1 is 0.821 bits per heavy atom. The number of nitrogens with one attached hydrogen (secondary N) is 5. The molecule has 2 heterocycles. The number of hydrogen-bond donors (Lipinski definition) is 5. The molecule has 5 amide bonds. The van der Waals surface area contributed by atoms with E-state index in [1.54, 1.807) is 18.2 Å². The van der Waals surface area contributed by atoms with Crippen molar-refractivity contribution in [1.29, 1.82) is 0 Å². The maximum Gasteiger partial charge on any atom is 0.277 e. The van der Waals surface area contributed by atoms with E-state index < -0.39 is 58.7 Å². The van der Waals surface area contributed by atoms with Crippen LogP contribution in [0.25, 0.3) is 0 Å². The van der Waals surface area contributed by atoms with Gasteiger partial charge in [0.1, 0.15) is 11.9 Å². The number of carbonyl (C=O) groups excluding carboxylic acids is 5. The van der Waals surface area contributed by atoms with Crippen molar-refractivity contribution in [2.75, 3.05) is 76.5 Å². The van der Waals surface area contributed by atoms with Gasteiger partial charge < -0.3 is 30.2 Å². The number of benzene rings is 3. The highest BCUT2D eigenvalue weighted by atomic mass is 127. The molecular weight excluding hydrogens is 856 g/mol. The van der Waals surface area contributed by atoms with E-state index >= 15 is 0 Å². The number of amides is 5. The van der Waals surface area contributed by atoms with Crippen LogP contribution < -0.4 is 26.7 Å². The minimum Gasteiger partial charge on any atom is -0.382 e. The molecule has 2 aliphatic rings. The zero-order valence-corrected chi connectivity index (χ0v) is 32.2. The van der Waals surface area contributed by atoms with Gasteiger partial charge in [-0.15, -0.1) is 0 Å². The highest BCUT2D eigenvalue weighted by Gasteiger charge is 2.45. The van der Waals surface area contributed by atoms with Crippen molar-refractivity contribution >= 4 is 69.2 Å². The number of nitrogens with zero attached hydrogens (tertiary/aromatic N) is 1. The summed E-state index contributed by atoms with van der Waals surface area (Å²) in [5.41, 5.74) is 2.10. The number of carbonyl (C=O) groups is 5. The maximum absolute atomic E-state index is 14.6. The lowest BCUT2D eigenvalue weighted by Gasteiger charge is -2.27. The Bertz CT molecular complexity index is 1920. The Hall–Kier alpha value is -4.67. The number of imide groups is 2. The second-order valence-electron chi connectivity index (χ2n) is 12.4. The third-order valence-electron chi connectivity index (χ3n) is 8.49. The molecule has 5 N–H and O–H groups in total. The van der Waals surface area contributed by atoms with Gasteiger partial charge in [0.2, 0.25) is 11.8 Å². The van der Waals surface area contributed by atoms with Crippen LogP contribution in [0.2, 0.25) is 0 Å². The summed E-state index contributed by atoms with van der Waals surface area (Å²) < 4.78 is 60.0. The predicted octanol–water partition coefficient (Wildman–Crippen LogP) is 3.66. The number of ether oxygens (including phenoxy) is 3. The predicted molar refractivity (Wildman–Crippen MR) is 204 cm³/mol. The van der Waals surface area contributed by atoms with Gasteiger partial charge in [-0.2, -0.15) is 0 Å². The van der Waals surface area contributed by atoms with Gasteiger partial charge in [-0.3, -0.25) is 39.0 Å². The molecule has 19 heteroatoms. The lowest BCUT2D eigenvalue weighted by atomic mass is 10.0. The molecule has 0 aromatic heterocycles. The lowest BCUT2D eigenvalue weighted by Crippen LogP contribution is -2.54. The van der Waals surface area contributed by atoms with Gasteiger partial charge in [0.15, 0.2) is 11.6 Å². The molecule has 15 nitrogen and oxygen atoms in total. The van der Waals surface area contributed by atoms with E-state index in [1.165, 1.54) is 18.2 Å².